The molecule has 23 heavy (non-hydrogen) atoms. The van der Waals surface area contributed by atoms with Gasteiger partial charge < -0.3 is 10.4 Å². The second kappa shape index (κ2) is 6.96. The summed E-state index contributed by atoms with van der Waals surface area (Å²) in [6.45, 7) is 0.308. The van der Waals surface area contributed by atoms with Crippen LogP contribution in [0.2, 0.25) is 0 Å². The van der Waals surface area contributed by atoms with Crippen molar-refractivity contribution < 1.29 is 9.90 Å². The molecular formula is C18H23N3O2. The van der Waals surface area contributed by atoms with E-state index < -0.39 is 5.60 Å². The van der Waals surface area contributed by atoms with Crippen LogP contribution >= 0.6 is 0 Å². The molecule has 1 amide bonds. The van der Waals surface area contributed by atoms with Crippen LogP contribution in [0.4, 0.5) is 0 Å². The monoisotopic (exact) mass is 313 g/mol. The largest absolute Gasteiger partial charge is 0.388 e. The van der Waals surface area contributed by atoms with Crippen LogP contribution in [0.3, 0.4) is 0 Å². The molecule has 5 nitrogen and oxygen atoms in total. The topological polar surface area (TPSA) is 67.2 Å². The van der Waals surface area contributed by atoms with Gasteiger partial charge in [-0.25, -0.2) is 4.68 Å². The van der Waals surface area contributed by atoms with Crippen molar-refractivity contribution in [2.75, 3.05) is 6.54 Å². The zero-order valence-electron chi connectivity index (χ0n) is 13.2. The quantitative estimate of drug-likeness (QED) is 0.853. The zero-order valence-corrected chi connectivity index (χ0v) is 13.2. The van der Waals surface area contributed by atoms with Crippen molar-refractivity contribution in [2.45, 2.75) is 44.1 Å². The predicted molar refractivity (Wildman–Crippen MR) is 88.5 cm³/mol. The summed E-state index contributed by atoms with van der Waals surface area (Å²) >= 11 is 0. The first-order valence-electron chi connectivity index (χ1n) is 8.27. The number of nitrogens with zero attached hydrogens (tertiary/aromatic N) is 2. The summed E-state index contributed by atoms with van der Waals surface area (Å²) in [7, 11) is 0. The first-order chi connectivity index (χ1) is 11.2. The van der Waals surface area contributed by atoms with Crippen LogP contribution in [0.1, 0.15) is 48.9 Å². The molecule has 2 aromatic rings. The molecule has 1 fully saturated rings. The van der Waals surface area contributed by atoms with Crippen LogP contribution in [-0.4, -0.2) is 32.9 Å². The van der Waals surface area contributed by atoms with E-state index in [0.717, 1.165) is 31.4 Å². The maximum atomic E-state index is 12.3. The molecular weight excluding hydrogens is 290 g/mol. The molecule has 0 radical (unpaired) electrons. The van der Waals surface area contributed by atoms with Gasteiger partial charge in [0.15, 0.2) is 0 Å². The Balaban J connectivity index is 1.61. The van der Waals surface area contributed by atoms with E-state index in [1.54, 1.807) is 17.1 Å². The minimum Gasteiger partial charge on any atom is -0.388 e. The summed E-state index contributed by atoms with van der Waals surface area (Å²) in [6.07, 6.45) is 9.17. The predicted octanol–water partition coefficient (Wildman–Crippen LogP) is 2.69. The standard InChI is InChI=1S/C18H23N3O2/c22-17(19-14-18(23)10-6-1-2-7-11-18)15-12-20-21(13-15)16-8-4-3-5-9-16/h3-5,8-9,12-13,23H,1-2,6-7,10-11,14H2,(H,19,22). The van der Waals surface area contributed by atoms with E-state index in [1.165, 1.54) is 12.8 Å². The number of hydrogen-bond donors (Lipinski definition) is 2. The van der Waals surface area contributed by atoms with E-state index in [9.17, 15) is 9.90 Å². The average Bonchev–Trinajstić information content (AvgIpc) is 2.97. The van der Waals surface area contributed by atoms with Gasteiger partial charge in [-0.2, -0.15) is 5.10 Å². The van der Waals surface area contributed by atoms with Gasteiger partial charge in [-0.15, -0.1) is 0 Å². The van der Waals surface area contributed by atoms with Crippen molar-refractivity contribution in [3.8, 4) is 5.69 Å². The lowest BCUT2D eigenvalue weighted by Gasteiger charge is -2.26. The Hall–Kier alpha value is -2.14. The van der Waals surface area contributed by atoms with Crippen LogP contribution < -0.4 is 5.32 Å². The number of carbonyl (C=O) groups is 1. The average molecular weight is 313 g/mol. The molecule has 122 valence electrons. The van der Waals surface area contributed by atoms with Gasteiger partial charge in [0.05, 0.1) is 23.0 Å². The van der Waals surface area contributed by atoms with Gasteiger partial charge in [0.1, 0.15) is 0 Å². The Bertz CT molecular complexity index is 643. The van der Waals surface area contributed by atoms with Crippen LogP contribution in [-0.2, 0) is 0 Å². The summed E-state index contributed by atoms with van der Waals surface area (Å²) in [4.78, 5) is 12.3. The molecule has 3 rings (SSSR count). The number of rotatable bonds is 4. The highest BCUT2D eigenvalue weighted by molar-refractivity contribution is 5.93. The second-order valence-electron chi connectivity index (χ2n) is 6.33. The van der Waals surface area contributed by atoms with E-state index in [2.05, 4.69) is 10.4 Å². The highest BCUT2D eigenvalue weighted by Crippen LogP contribution is 2.26. The summed E-state index contributed by atoms with van der Waals surface area (Å²) in [5.74, 6) is -0.190. The second-order valence-corrected chi connectivity index (χ2v) is 6.33. The lowest BCUT2D eigenvalue weighted by Crippen LogP contribution is -2.42. The van der Waals surface area contributed by atoms with E-state index in [0.29, 0.717) is 12.1 Å². The number of benzene rings is 1. The van der Waals surface area contributed by atoms with Gasteiger partial charge in [-0.05, 0) is 25.0 Å². The van der Waals surface area contributed by atoms with E-state index in [1.807, 2.05) is 30.3 Å². The molecule has 1 aromatic carbocycles. The molecule has 0 atom stereocenters. The molecule has 0 aliphatic heterocycles. The van der Waals surface area contributed by atoms with Crippen LogP contribution in [0.5, 0.6) is 0 Å². The molecule has 1 aliphatic carbocycles. The fraction of sp³-hybridized carbons (Fsp3) is 0.444. The van der Waals surface area contributed by atoms with Crippen molar-refractivity contribution >= 4 is 5.91 Å². The fourth-order valence-corrected chi connectivity index (χ4v) is 3.07. The molecule has 0 spiro atoms. The van der Waals surface area contributed by atoms with Gasteiger partial charge in [-0.1, -0.05) is 43.9 Å². The van der Waals surface area contributed by atoms with E-state index >= 15 is 0 Å². The Kier molecular flexibility index (Phi) is 4.76. The zero-order chi connectivity index (χ0) is 16.1. The first kappa shape index (κ1) is 15.7. The lowest BCUT2D eigenvalue weighted by molar-refractivity contribution is 0.0246. The van der Waals surface area contributed by atoms with E-state index in [4.69, 9.17) is 0 Å². The van der Waals surface area contributed by atoms with Gasteiger partial charge in [-0.3, -0.25) is 4.79 Å². The fourth-order valence-electron chi connectivity index (χ4n) is 3.07. The SMILES string of the molecule is O=C(NCC1(O)CCCCCC1)c1cnn(-c2ccccc2)c1. The van der Waals surface area contributed by atoms with Crippen molar-refractivity contribution in [3.63, 3.8) is 0 Å². The van der Waals surface area contributed by atoms with Crippen molar-refractivity contribution in [1.82, 2.24) is 15.1 Å². The molecule has 1 heterocycles. The molecule has 1 aromatic heterocycles. The maximum absolute atomic E-state index is 12.3. The molecule has 2 N–H and O–H groups in total. The minimum atomic E-state index is -0.762. The molecule has 0 saturated heterocycles. The Labute approximate surface area is 136 Å². The Morgan fingerprint density at radius 1 is 1.17 bits per heavy atom. The Morgan fingerprint density at radius 3 is 2.57 bits per heavy atom. The number of para-hydroxylation sites is 1. The highest BCUT2D eigenvalue weighted by Gasteiger charge is 2.28. The summed E-state index contributed by atoms with van der Waals surface area (Å²) in [6, 6.07) is 9.66. The number of nitrogens with one attached hydrogen (secondary N) is 1. The molecule has 1 saturated carbocycles. The van der Waals surface area contributed by atoms with E-state index in [-0.39, 0.29) is 5.91 Å². The van der Waals surface area contributed by atoms with Crippen LogP contribution in [0.25, 0.3) is 5.69 Å². The summed E-state index contributed by atoms with van der Waals surface area (Å²) in [5, 5.41) is 17.7. The summed E-state index contributed by atoms with van der Waals surface area (Å²) < 4.78 is 1.68. The van der Waals surface area contributed by atoms with Crippen molar-refractivity contribution in [3.05, 3.63) is 48.3 Å². The Morgan fingerprint density at radius 2 is 1.87 bits per heavy atom. The molecule has 0 unspecified atom stereocenters. The smallest absolute Gasteiger partial charge is 0.254 e. The number of hydrogen-bond acceptors (Lipinski definition) is 3. The van der Waals surface area contributed by atoms with Gasteiger partial charge >= 0.3 is 0 Å². The van der Waals surface area contributed by atoms with Gasteiger partial charge in [0.25, 0.3) is 5.91 Å². The van der Waals surface area contributed by atoms with Crippen molar-refractivity contribution in [2.24, 2.45) is 0 Å². The van der Waals surface area contributed by atoms with Crippen LogP contribution in [0, 0.1) is 0 Å². The lowest BCUT2D eigenvalue weighted by atomic mass is 9.94. The van der Waals surface area contributed by atoms with Gasteiger partial charge in [0.2, 0.25) is 0 Å². The number of amides is 1. The normalized spacial score (nSPS) is 17.4. The molecule has 1 aliphatic rings. The summed E-state index contributed by atoms with van der Waals surface area (Å²) in [5.41, 5.74) is 0.654. The molecule has 0 bridgehead atoms. The van der Waals surface area contributed by atoms with Gasteiger partial charge in [0, 0.05) is 12.7 Å². The van der Waals surface area contributed by atoms with Crippen LogP contribution in [0.15, 0.2) is 42.7 Å². The first-order valence-corrected chi connectivity index (χ1v) is 8.27. The third-order valence-electron chi connectivity index (χ3n) is 4.48. The third kappa shape index (κ3) is 3.99. The number of carbonyl (C=O) groups excluding carboxylic acids is 1. The van der Waals surface area contributed by atoms with Crippen molar-refractivity contribution in [1.29, 1.82) is 0 Å². The minimum absolute atomic E-state index is 0.190. The molecule has 5 heteroatoms. The maximum Gasteiger partial charge on any atom is 0.254 e. The number of aromatic nitrogens is 2. The number of aliphatic hydroxyl groups is 1. The third-order valence-corrected chi connectivity index (χ3v) is 4.48. The highest BCUT2D eigenvalue weighted by atomic mass is 16.3.